The van der Waals surface area contributed by atoms with E-state index in [1.807, 2.05) is 0 Å². The first kappa shape index (κ1) is 16.4. The number of aliphatic hydroxyl groups is 1. The van der Waals surface area contributed by atoms with Gasteiger partial charge in [-0.1, -0.05) is 0 Å². The van der Waals surface area contributed by atoms with Gasteiger partial charge in [-0.25, -0.2) is 4.79 Å². The van der Waals surface area contributed by atoms with E-state index < -0.39 is 17.0 Å². The summed E-state index contributed by atoms with van der Waals surface area (Å²) in [7, 11) is 2.89. The molecule has 0 saturated heterocycles. The molecule has 2 N–H and O–H groups in total. The minimum Gasteiger partial charge on any atom is -0.465 e. The van der Waals surface area contributed by atoms with Crippen molar-refractivity contribution in [3.8, 4) is 0 Å². The van der Waals surface area contributed by atoms with Gasteiger partial charge in [0.2, 0.25) is 0 Å². The highest BCUT2D eigenvalue weighted by atomic mass is 16.6. The van der Waals surface area contributed by atoms with Crippen LogP contribution in [0.5, 0.6) is 0 Å². The number of anilines is 1. The van der Waals surface area contributed by atoms with E-state index in [4.69, 9.17) is 0 Å². The molecule has 0 fully saturated rings. The predicted octanol–water partition coefficient (Wildman–Crippen LogP) is 1.26. The number of hydrogen-bond donors (Lipinski definition) is 2. The number of aryl methyl sites for hydroxylation is 1. The van der Waals surface area contributed by atoms with Gasteiger partial charge >= 0.3 is 5.97 Å². The van der Waals surface area contributed by atoms with Crippen molar-refractivity contribution < 1.29 is 19.6 Å². The van der Waals surface area contributed by atoms with Gasteiger partial charge in [-0.05, 0) is 12.1 Å². The number of ether oxygens (including phenoxy) is 1. The standard InChI is InChI=1S/C14H16N4O5/c1-17-8-9(6-16-17)13(19)7-15-10-3-4-12(18(21)22)11(5-10)14(20)23-2/h3-6,8,13,15,19H,7H2,1-2H3. The summed E-state index contributed by atoms with van der Waals surface area (Å²) < 4.78 is 6.12. The van der Waals surface area contributed by atoms with Crippen molar-refractivity contribution >= 4 is 17.3 Å². The largest absolute Gasteiger partial charge is 0.465 e. The number of esters is 1. The van der Waals surface area contributed by atoms with E-state index in [1.54, 1.807) is 24.1 Å². The maximum absolute atomic E-state index is 11.6. The molecule has 2 rings (SSSR count). The second-order valence-electron chi connectivity index (χ2n) is 4.82. The smallest absolute Gasteiger partial charge is 0.344 e. The molecule has 0 aliphatic carbocycles. The van der Waals surface area contributed by atoms with Gasteiger partial charge in [0.15, 0.2) is 0 Å². The average molecular weight is 320 g/mol. The summed E-state index contributed by atoms with van der Waals surface area (Å²) in [5.74, 6) is -0.798. The summed E-state index contributed by atoms with van der Waals surface area (Å²) >= 11 is 0. The molecule has 1 heterocycles. The Kier molecular flexibility index (Phi) is 4.91. The number of nitrogens with zero attached hydrogens (tertiary/aromatic N) is 3. The number of rotatable bonds is 6. The zero-order chi connectivity index (χ0) is 17.0. The molecule has 122 valence electrons. The minimum absolute atomic E-state index is 0.154. The highest BCUT2D eigenvalue weighted by Crippen LogP contribution is 2.24. The van der Waals surface area contributed by atoms with E-state index in [-0.39, 0.29) is 17.8 Å². The molecule has 1 aromatic heterocycles. The molecule has 0 spiro atoms. The number of hydrogen-bond acceptors (Lipinski definition) is 7. The summed E-state index contributed by atoms with van der Waals surface area (Å²) in [4.78, 5) is 21.9. The van der Waals surface area contributed by atoms with Gasteiger partial charge in [0.25, 0.3) is 5.69 Å². The Labute approximate surface area is 131 Å². The van der Waals surface area contributed by atoms with Crippen LogP contribution in [0, 0.1) is 10.1 Å². The van der Waals surface area contributed by atoms with Crippen molar-refractivity contribution in [2.75, 3.05) is 19.0 Å². The Morgan fingerprint density at radius 2 is 2.30 bits per heavy atom. The minimum atomic E-state index is -0.805. The second-order valence-corrected chi connectivity index (χ2v) is 4.82. The number of aromatic nitrogens is 2. The molecule has 0 radical (unpaired) electrons. The zero-order valence-corrected chi connectivity index (χ0v) is 12.6. The maximum Gasteiger partial charge on any atom is 0.344 e. The first-order valence-electron chi connectivity index (χ1n) is 6.69. The number of aliphatic hydroxyl groups excluding tert-OH is 1. The van der Waals surface area contributed by atoms with Gasteiger partial charge in [0.05, 0.1) is 24.3 Å². The van der Waals surface area contributed by atoms with Crippen LogP contribution in [0.25, 0.3) is 0 Å². The third-order valence-electron chi connectivity index (χ3n) is 3.21. The fraction of sp³-hybridized carbons (Fsp3) is 0.286. The van der Waals surface area contributed by atoms with Crippen LogP contribution in [0.3, 0.4) is 0 Å². The summed E-state index contributed by atoms with van der Waals surface area (Å²) in [5.41, 5.74) is 0.600. The van der Waals surface area contributed by atoms with Crippen LogP contribution in [0.15, 0.2) is 30.6 Å². The fourth-order valence-electron chi connectivity index (χ4n) is 2.02. The van der Waals surface area contributed by atoms with Crippen LogP contribution in [0.1, 0.15) is 22.0 Å². The maximum atomic E-state index is 11.6. The van der Waals surface area contributed by atoms with E-state index in [9.17, 15) is 20.0 Å². The van der Waals surface area contributed by atoms with Crippen molar-refractivity contribution in [1.82, 2.24) is 9.78 Å². The van der Waals surface area contributed by atoms with E-state index in [0.717, 1.165) is 7.11 Å². The SMILES string of the molecule is COC(=O)c1cc(NCC(O)c2cnn(C)c2)ccc1[N+](=O)[O-]. The third-order valence-corrected chi connectivity index (χ3v) is 3.21. The first-order chi connectivity index (χ1) is 10.9. The number of benzene rings is 1. The highest BCUT2D eigenvalue weighted by Gasteiger charge is 2.21. The summed E-state index contributed by atoms with van der Waals surface area (Å²) in [6.07, 6.45) is 2.42. The summed E-state index contributed by atoms with van der Waals surface area (Å²) in [6, 6.07) is 3.99. The fourth-order valence-corrected chi connectivity index (χ4v) is 2.02. The van der Waals surface area contributed by atoms with Crippen molar-refractivity contribution in [2.24, 2.45) is 7.05 Å². The normalized spacial score (nSPS) is 11.8. The summed E-state index contributed by atoms with van der Waals surface area (Å²) in [5, 5.41) is 27.9. The Bertz CT molecular complexity index is 728. The zero-order valence-electron chi connectivity index (χ0n) is 12.6. The number of nitro groups is 1. The monoisotopic (exact) mass is 320 g/mol. The highest BCUT2D eigenvalue weighted by molar-refractivity contribution is 5.95. The Hall–Kier alpha value is -2.94. The number of nitrogens with one attached hydrogen (secondary N) is 1. The van der Waals surface area contributed by atoms with Crippen molar-refractivity contribution in [2.45, 2.75) is 6.10 Å². The molecule has 1 unspecified atom stereocenters. The van der Waals surface area contributed by atoms with E-state index in [2.05, 4.69) is 15.2 Å². The molecule has 0 saturated carbocycles. The molecule has 2 aromatic rings. The number of nitro benzene ring substituents is 1. The molecule has 0 amide bonds. The van der Waals surface area contributed by atoms with Crippen molar-refractivity contribution in [3.05, 3.63) is 51.8 Å². The van der Waals surface area contributed by atoms with Gasteiger partial charge in [-0.15, -0.1) is 0 Å². The molecule has 1 aromatic carbocycles. The van der Waals surface area contributed by atoms with Gasteiger partial charge in [0.1, 0.15) is 5.56 Å². The average Bonchev–Trinajstić information content (AvgIpc) is 2.98. The predicted molar refractivity (Wildman–Crippen MR) is 81.1 cm³/mol. The number of carbonyl (C=O) groups is 1. The molecule has 1 atom stereocenters. The van der Waals surface area contributed by atoms with Crippen LogP contribution in [-0.4, -0.2) is 39.4 Å². The van der Waals surface area contributed by atoms with Gasteiger partial charge in [-0.3, -0.25) is 14.8 Å². The number of carbonyl (C=O) groups excluding carboxylic acids is 1. The van der Waals surface area contributed by atoms with Crippen LogP contribution in [0.2, 0.25) is 0 Å². The lowest BCUT2D eigenvalue weighted by atomic mass is 10.1. The van der Waals surface area contributed by atoms with Crippen LogP contribution in [0.4, 0.5) is 11.4 Å². The lowest BCUT2D eigenvalue weighted by Gasteiger charge is -2.12. The molecule has 0 aliphatic rings. The lowest BCUT2D eigenvalue weighted by Crippen LogP contribution is -2.13. The van der Waals surface area contributed by atoms with E-state index >= 15 is 0 Å². The second kappa shape index (κ2) is 6.88. The van der Waals surface area contributed by atoms with Crippen molar-refractivity contribution in [3.63, 3.8) is 0 Å². The van der Waals surface area contributed by atoms with Crippen LogP contribution >= 0.6 is 0 Å². The molecule has 9 nitrogen and oxygen atoms in total. The molecule has 0 aliphatic heterocycles. The summed E-state index contributed by atoms with van der Waals surface area (Å²) in [6.45, 7) is 0.157. The van der Waals surface area contributed by atoms with Crippen LogP contribution < -0.4 is 5.32 Å². The van der Waals surface area contributed by atoms with E-state index in [1.165, 1.54) is 18.2 Å². The Morgan fingerprint density at radius 3 is 2.87 bits per heavy atom. The lowest BCUT2D eigenvalue weighted by molar-refractivity contribution is -0.385. The number of methoxy groups -OCH3 is 1. The molecule has 0 bridgehead atoms. The van der Waals surface area contributed by atoms with Gasteiger partial charge < -0.3 is 15.2 Å². The molecule has 9 heteroatoms. The Balaban J connectivity index is 2.14. The molecular formula is C14H16N4O5. The van der Waals surface area contributed by atoms with Crippen molar-refractivity contribution in [1.29, 1.82) is 0 Å². The third kappa shape index (κ3) is 3.83. The first-order valence-corrected chi connectivity index (χ1v) is 6.69. The van der Waals surface area contributed by atoms with Crippen LogP contribution in [-0.2, 0) is 11.8 Å². The van der Waals surface area contributed by atoms with E-state index in [0.29, 0.717) is 11.3 Å². The van der Waals surface area contributed by atoms with Gasteiger partial charge in [0, 0.05) is 37.1 Å². The topological polar surface area (TPSA) is 120 Å². The quantitative estimate of drug-likeness (QED) is 0.467. The Morgan fingerprint density at radius 1 is 1.57 bits per heavy atom. The molecule has 23 heavy (non-hydrogen) atoms. The van der Waals surface area contributed by atoms with Gasteiger partial charge in [-0.2, -0.15) is 5.10 Å². The molecular weight excluding hydrogens is 304 g/mol.